The van der Waals surface area contributed by atoms with Crippen LogP contribution in [0.25, 0.3) is 0 Å². The summed E-state index contributed by atoms with van der Waals surface area (Å²) in [5.41, 5.74) is 0. The van der Waals surface area contributed by atoms with E-state index in [1.165, 1.54) is 25.7 Å². The number of nitrogens with zero attached hydrogens (tertiary/aromatic N) is 2. The first kappa shape index (κ1) is 11.6. The van der Waals surface area contributed by atoms with Crippen molar-refractivity contribution in [2.45, 2.75) is 46.1 Å². The average Bonchev–Trinajstić information content (AvgIpc) is 2.67. The van der Waals surface area contributed by atoms with Crippen LogP contribution in [0.3, 0.4) is 0 Å². The van der Waals surface area contributed by atoms with Gasteiger partial charge in [-0.25, -0.2) is 4.98 Å². The van der Waals surface area contributed by atoms with Gasteiger partial charge in [0.2, 0.25) is 0 Å². The summed E-state index contributed by atoms with van der Waals surface area (Å²) in [6.45, 7) is 6.19. The summed E-state index contributed by atoms with van der Waals surface area (Å²) in [6, 6.07) is 0. The smallest absolute Gasteiger partial charge is 0.164 e. The van der Waals surface area contributed by atoms with Crippen LogP contribution in [0.1, 0.15) is 44.3 Å². The number of rotatable bonds is 4. The van der Waals surface area contributed by atoms with Gasteiger partial charge < -0.3 is 5.32 Å². The summed E-state index contributed by atoms with van der Waals surface area (Å²) < 4.78 is 0. The van der Waals surface area contributed by atoms with Crippen LogP contribution in [-0.4, -0.2) is 21.7 Å². The van der Waals surface area contributed by atoms with Gasteiger partial charge in [-0.05, 0) is 38.1 Å². The zero-order chi connectivity index (χ0) is 11.4. The van der Waals surface area contributed by atoms with Gasteiger partial charge in [0.05, 0.1) is 6.54 Å². The van der Waals surface area contributed by atoms with Crippen molar-refractivity contribution in [2.24, 2.45) is 11.8 Å². The quantitative estimate of drug-likeness (QED) is 0.819. The monoisotopic (exact) mass is 222 g/mol. The van der Waals surface area contributed by atoms with E-state index in [0.717, 1.165) is 36.6 Å². The van der Waals surface area contributed by atoms with Crippen molar-refractivity contribution in [2.75, 3.05) is 6.54 Å². The number of aromatic nitrogens is 3. The van der Waals surface area contributed by atoms with Gasteiger partial charge in [0, 0.05) is 0 Å². The number of aryl methyl sites for hydroxylation is 1. The second-order valence-corrected chi connectivity index (χ2v) is 5.09. The maximum atomic E-state index is 4.28. The molecule has 1 aliphatic carbocycles. The Hall–Kier alpha value is -0.900. The topological polar surface area (TPSA) is 53.6 Å². The lowest BCUT2D eigenvalue weighted by Gasteiger charge is -2.26. The van der Waals surface area contributed by atoms with E-state index in [1.54, 1.807) is 0 Å². The first-order valence-corrected chi connectivity index (χ1v) is 6.32. The van der Waals surface area contributed by atoms with Crippen molar-refractivity contribution in [1.82, 2.24) is 20.5 Å². The molecule has 1 saturated carbocycles. The zero-order valence-corrected chi connectivity index (χ0v) is 10.3. The predicted octanol–water partition coefficient (Wildman–Crippen LogP) is 2.03. The molecule has 2 N–H and O–H groups in total. The van der Waals surface area contributed by atoms with Gasteiger partial charge in [0.15, 0.2) is 5.82 Å². The molecular formula is C12H22N4. The summed E-state index contributed by atoms with van der Waals surface area (Å²) in [7, 11) is 0. The highest BCUT2D eigenvalue weighted by Crippen LogP contribution is 2.27. The van der Waals surface area contributed by atoms with Crippen LogP contribution in [0.2, 0.25) is 0 Å². The van der Waals surface area contributed by atoms with Crippen molar-refractivity contribution in [1.29, 1.82) is 0 Å². The molecule has 90 valence electrons. The molecule has 0 bridgehead atoms. The summed E-state index contributed by atoms with van der Waals surface area (Å²) >= 11 is 0. The van der Waals surface area contributed by atoms with E-state index in [2.05, 4.69) is 27.4 Å². The second-order valence-electron chi connectivity index (χ2n) is 5.09. The molecule has 1 heterocycles. The molecule has 1 aromatic rings. The lowest BCUT2D eigenvalue weighted by molar-refractivity contribution is 0.281. The van der Waals surface area contributed by atoms with E-state index in [9.17, 15) is 0 Å². The molecule has 0 unspecified atom stereocenters. The molecule has 1 aromatic heterocycles. The Morgan fingerprint density at radius 3 is 2.69 bits per heavy atom. The highest BCUT2D eigenvalue weighted by Gasteiger charge is 2.17. The standard InChI is InChI=1S/C12H22N4/c1-9-3-5-11(6-4-9)7-13-8-12-14-10(2)15-16-12/h9,11,13H,3-8H2,1-2H3,(H,14,15,16). The normalized spacial score (nSPS) is 25.9. The van der Waals surface area contributed by atoms with E-state index in [-0.39, 0.29) is 0 Å². The Morgan fingerprint density at radius 2 is 2.06 bits per heavy atom. The van der Waals surface area contributed by atoms with Gasteiger partial charge in [0.25, 0.3) is 0 Å². The lowest BCUT2D eigenvalue weighted by Crippen LogP contribution is -2.26. The van der Waals surface area contributed by atoms with E-state index in [1.807, 2.05) is 6.92 Å². The van der Waals surface area contributed by atoms with E-state index in [0.29, 0.717) is 0 Å². The molecule has 1 aliphatic rings. The fourth-order valence-electron chi connectivity index (χ4n) is 2.39. The highest BCUT2D eigenvalue weighted by molar-refractivity contribution is 4.87. The van der Waals surface area contributed by atoms with Crippen LogP contribution in [0.5, 0.6) is 0 Å². The zero-order valence-electron chi connectivity index (χ0n) is 10.3. The maximum absolute atomic E-state index is 4.28. The molecule has 0 amide bonds. The Kier molecular flexibility index (Phi) is 3.93. The first-order chi connectivity index (χ1) is 7.74. The van der Waals surface area contributed by atoms with Gasteiger partial charge in [-0.2, -0.15) is 5.10 Å². The molecule has 0 saturated heterocycles. The molecule has 0 aliphatic heterocycles. The summed E-state index contributed by atoms with van der Waals surface area (Å²) in [6.07, 6.45) is 5.54. The minimum absolute atomic E-state index is 0.788. The number of hydrogen-bond donors (Lipinski definition) is 2. The van der Waals surface area contributed by atoms with Crippen molar-refractivity contribution in [3.8, 4) is 0 Å². The third kappa shape index (κ3) is 3.30. The van der Waals surface area contributed by atoms with Crippen molar-refractivity contribution < 1.29 is 0 Å². The molecule has 0 aromatic carbocycles. The van der Waals surface area contributed by atoms with Gasteiger partial charge in [-0.3, -0.25) is 5.10 Å². The van der Waals surface area contributed by atoms with Crippen molar-refractivity contribution in [3.63, 3.8) is 0 Å². The summed E-state index contributed by atoms with van der Waals surface area (Å²) in [5, 5.41) is 10.4. The maximum Gasteiger partial charge on any atom is 0.164 e. The summed E-state index contributed by atoms with van der Waals surface area (Å²) in [4.78, 5) is 4.28. The number of hydrogen-bond acceptors (Lipinski definition) is 3. The Labute approximate surface area is 97.2 Å². The molecule has 0 spiro atoms. The number of H-pyrrole nitrogens is 1. The third-order valence-corrected chi connectivity index (χ3v) is 3.50. The van der Waals surface area contributed by atoms with Gasteiger partial charge in [-0.1, -0.05) is 19.8 Å². The molecule has 16 heavy (non-hydrogen) atoms. The fraction of sp³-hybridized carbons (Fsp3) is 0.833. The largest absolute Gasteiger partial charge is 0.310 e. The van der Waals surface area contributed by atoms with Crippen LogP contribution in [-0.2, 0) is 6.54 Å². The van der Waals surface area contributed by atoms with Crippen LogP contribution in [0, 0.1) is 18.8 Å². The van der Waals surface area contributed by atoms with Crippen LogP contribution >= 0.6 is 0 Å². The average molecular weight is 222 g/mol. The Balaban J connectivity index is 1.64. The molecule has 2 rings (SSSR count). The molecular weight excluding hydrogens is 200 g/mol. The fourth-order valence-corrected chi connectivity index (χ4v) is 2.39. The van der Waals surface area contributed by atoms with Gasteiger partial charge in [-0.15, -0.1) is 0 Å². The molecule has 0 radical (unpaired) electrons. The SMILES string of the molecule is Cc1nc(CNCC2CCC(C)CC2)n[nH]1. The number of nitrogens with one attached hydrogen (secondary N) is 2. The van der Waals surface area contributed by atoms with E-state index >= 15 is 0 Å². The third-order valence-electron chi connectivity index (χ3n) is 3.50. The first-order valence-electron chi connectivity index (χ1n) is 6.32. The van der Waals surface area contributed by atoms with Gasteiger partial charge in [0.1, 0.15) is 5.82 Å². The highest BCUT2D eigenvalue weighted by atomic mass is 15.2. The van der Waals surface area contributed by atoms with Crippen LogP contribution in [0.4, 0.5) is 0 Å². The number of aromatic amines is 1. The minimum Gasteiger partial charge on any atom is -0.310 e. The summed E-state index contributed by atoms with van der Waals surface area (Å²) in [5.74, 6) is 3.56. The predicted molar refractivity (Wildman–Crippen MR) is 63.9 cm³/mol. The van der Waals surface area contributed by atoms with E-state index < -0.39 is 0 Å². The lowest BCUT2D eigenvalue weighted by atomic mass is 9.83. The van der Waals surface area contributed by atoms with Crippen LogP contribution in [0.15, 0.2) is 0 Å². The molecule has 4 nitrogen and oxygen atoms in total. The molecule has 1 fully saturated rings. The second kappa shape index (κ2) is 5.43. The van der Waals surface area contributed by atoms with Gasteiger partial charge >= 0.3 is 0 Å². The molecule has 4 heteroatoms. The van der Waals surface area contributed by atoms with Crippen LogP contribution < -0.4 is 5.32 Å². The van der Waals surface area contributed by atoms with E-state index in [4.69, 9.17) is 0 Å². The van der Waals surface area contributed by atoms with Crippen molar-refractivity contribution >= 4 is 0 Å². The Bertz CT molecular complexity index is 313. The molecule has 0 atom stereocenters. The Morgan fingerprint density at radius 1 is 1.31 bits per heavy atom. The minimum atomic E-state index is 0.788. The van der Waals surface area contributed by atoms with Crippen molar-refractivity contribution in [3.05, 3.63) is 11.6 Å².